The van der Waals surface area contributed by atoms with E-state index < -0.39 is 61.4 Å². The summed E-state index contributed by atoms with van der Waals surface area (Å²) in [6.45, 7) is 0.540. The first-order valence-corrected chi connectivity index (χ1v) is 10.2. The van der Waals surface area contributed by atoms with Crippen LogP contribution in [-0.4, -0.2) is 132 Å². The minimum absolute atomic E-state index is 0.251. The standard InChI is InChI=1S/C20H38O11/c1-21-9-11-13(23-3)15(24-4)18(27-7)20(30-11)31-14-12(10-22-2)29-19(28-8)17(26-6)16(14)25-5/h11-20H,9-10H2,1-8H3/t11-,12-,13-,14+,15+,16+,17+,18+,19-,20-/m0/s1. The summed E-state index contributed by atoms with van der Waals surface area (Å²) in [4.78, 5) is 0. The Balaban J connectivity index is 2.32. The fraction of sp³-hybridized carbons (Fsp3) is 1.00. The SMILES string of the molecule is COC[C@@H]1O[C@@H](O[C@H]2[C@@H](OC)[C@@H](OC)[C@@H](OC)O[C@H]2COC)[C@H](OC)[C@H](OC)[C@H]1OC. The highest BCUT2D eigenvalue weighted by molar-refractivity contribution is 4.96. The van der Waals surface area contributed by atoms with Gasteiger partial charge in [-0.1, -0.05) is 0 Å². The largest absolute Gasteiger partial charge is 0.382 e. The normalized spacial score (nSPS) is 41.4. The zero-order valence-electron chi connectivity index (χ0n) is 19.7. The Kier molecular flexibility index (Phi) is 11.5. The summed E-state index contributed by atoms with van der Waals surface area (Å²) in [6, 6.07) is 0. The van der Waals surface area contributed by atoms with Crippen molar-refractivity contribution in [2.75, 3.05) is 70.1 Å². The second kappa shape index (κ2) is 13.3. The third-order valence-corrected chi connectivity index (χ3v) is 5.73. The second-order valence-corrected chi connectivity index (χ2v) is 7.33. The second-order valence-electron chi connectivity index (χ2n) is 7.33. The molecule has 10 atom stereocenters. The van der Waals surface area contributed by atoms with E-state index in [1.807, 2.05) is 0 Å². The van der Waals surface area contributed by atoms with Crippen molar-refractivity contribution in [1.82, 2.24) is 0 Å². The van der Waals surface area contributed by atoms with Gasteiger partial charge >= 0.3 is 0 Å². The first-order chi connectivity index (χ1) is 15.0. The molecule has 2 aliphatic rings. The van der Waals surface area contributed by atoms with Gasteiger partial charge < -0.3 is 52.1 Å². The molecule has 31 heavy (non-hydrogen) atoms. The van der Waals surface area contributed by atoms with Crippen LogP contribution in [-0.2, 0) is 52.1 Å². The van der Waals surface area contributed by atoms with Crippen molar-refractivity contribution in [3.63, 3.8) is 0 Å². The van der Waals surface area contributed by atoms with Crippen molar-refractivity contribution >= 4 is 0 Å². The van der Waals surface area contributed by atoms with E-state index in [0.717, 1.165) is 0 Å². The molecule has 2 aliphatic heterocycles. The smallest absolute Gasteiger partial charge is 0.187 e. The Morgan fingerprint density at radius 1 is 0.452 bits per heavy atom. The van der Waals surface area contributed by atoms with Crippen LogP contribution >= 0.6 is 0 Å². The summed E-state index contributed by atoms with van der Waals surface area (Å²) in [5.41, 5.74) is 0. The van der Waals surface area contributed by atoms with E-state index in [1.165, 1.54) is 0 Å². The van der Waals surface area contributed by atoms with E-state index in [-0.39, 0.29) is 13.2 Å². The molecular weight excluding hydrogens is 416 g/mol. The quantitative estimate of drug-likeness (QED) is 0.393. The number of hydrogen-bond acceptors (Lipinski definition) is 11. The van der Waals surface area contributed by atoms with Crippen molar-refractivity contribution in [3.05, 3.63) is 0 Å². The van der Waals surface area contributed by atoms with Crippen LogP contribution in [0.3, 0.4) is 0 Å². The van der Waals surface area contributed by atoms with Gasteiger partial charge in [0.15, 0.2) is 12.6 Å². The van der Waals surface area contributed by atoms with Crippen LogP contribution in [0.1, 0.15) is 0 Å². The molecule has 0 radical (unpaired) electrons. The molecule has 0 saturated carbocycles. The van der Waals surface area contributed by atoms with Gasteiger partial charge in [-0.25, -0.2) is 0 Å². The Bertz CT molecular complexity index is 496. The number of ether oxygens (including phenoxy) is 11. The minimum atomic E-state index is -0.816. The molecule has 0 bridgehead atoms. The molecule has 0 aromatic carbocycles. The van der Waals surface area contributed by atoms with E-state index in [4.69, 9.17) is 52.1 Å². The van der Waals surface area contributed by atoms with Gasteiger partial charge in [0, 0.05) is 56.9 Å². The first-order valence-electron chi connectivity index (χ1n) is 10.2. The third-order valence-electron chi connectivity index (χ3n) is 5.73. The molecule has 2 saturated heterocycles. The van der Waals surface area contributed by atoms with Gasteiger partial charge in [0.25, 0.3) is 0 Å². The van der Waals surface area contributed by atoms with E-state index >= 15 is 0 Å². The molecule has 2 rings (SSSR count). The summed E-state index contributed by atoms with van der Waals surface area (Å²) in [7, 11) is 12.6. The molecule has 11 heteroatoms. The summed E-state index contributed by atoms with van der Waals surface area (Å²) in [5, 5.41) is 0. The molecule has 0 aromatic heterocycles. The summed E-state index contributed by atoms with van der Waals surface area (Å²) >= 11 is 0. The fourth-order valence-corrected chi connectivity index (χ4v) is 4.29. The van der Waals surface area contributed by atoms with Crippen molar-refractivity contribution in [3.8, 4) is 0 Å². The third kappa shape index (κ3) is 5.92. The maximum absolute atomic E-state index is 6.43. The van der Waals surface area contributed by atoms with E-state index in [9.17, 15) is 0 Å². The summed E-state index contributed by atoms with van der Waals surface area (Å²) < 4.78 is 63.2. The minimum Gasteiger partial charge on any atom is -0.382 e. The highest BCUT2D eigenvalue weighted by atomic mass is 16.8. The lowest BCUT2D eigenvalue weighted by Crippen LogP contribution is -2.66. The van der Waals surface area contributed by atoms with Gasteiger partial charge in [0.2, 0.25) is 0 Å². The van der Waals surface area contributed by atoms with E-state index in [0.29, 0.717) is 0 Å². The first kappa shape index (κ1) is 26.8. The van der Waals surface area contributed by atoms with Crippen molar-refractivity contribution in [2.24, 2.45) is 0 Å². The van der Waals surface area contributed by atoms with Crippen LogP contribution < -0.4 is 0 Å². The summed E-state index contributed by atoms with van der Waals surface area (Å²) in [6.07, 6.45) is -5.50. The lowest BCUT2D eigenvalue weighted by molar-refractivity contribution is -0.365. The molecule has 0 spiro atoms. The highest BCUT2D eigenvalue weighted by Crippen LogP contribution is 2.33. The average molecular weight is 455 g/mol. The molecule has 0 aromatic rings. The van der Waals surface area contributed by atoms with Gasteiger partial charge in [-0.2, -0.15) is 0 Å². The van der Waals surface area contributed by atoms with Gasteiger partial charge in [-0.15, -0.1) is 0 Å². The topological polar surface area (TPSA) is 102 Å². The van der Waals surface area contributed by atoms with Crippen LogP contribution in [0.5, 0.6) is 0 Å². The Morgan fingerprint density at radius 2 is 0.871 bits per heavy atom. The average Bonchev–Trinajstić information content (AvgIpc) is 2.79. The molecule has 0 amide bonds. The molecular formula is C20H38O11. The van der Waals surface area contributed by atoms with Crippen molar-refractivity contribution in [2.45, 2.75) is 61.4 Å². The Hall–Kier alpha value is -0.440. The predicted octanol–water partition coefficient (Wildman–Crippen LogP) is -0.164. The van der Waals surface area contributed by atoms with Crippen LogP contribution in [0.25, 0.3) is 0 Å². The molecule has 2 fully saturated rings. The van der Waals surface area contributed by atoms with Gasteiger partial charge in [-0.05, 0) is 0 Å². The van der Waals surface area contributed by atoms with Crippen molar-refractivity contribution in [1.29, 1.82) is 0 Å². The molecule has 11 nitrogen and oxygen atoms in total. The maximum Gasteiger partial charge on any atom is 0.187 e. The predicted molar refractivity (Wildman–Crippen MR) is 107 cm³/mol. The lowest BCUT2D eigenvalue weighted by Gasteiger charge is -2.49. The lowest BCUT2D eigenvalue weighted by atomic mass is 9.96. The zero-order chi connectivity index (χ0) is 23.0. The molecule has 2 heterocycles. The van der Waals surface area contributed by atoms with Crippen molar-refractivity contribution < 1.29 is 52.1 Å². The zero-order valence-corrected chi connectivity index (χ0v) is 19.7. The van der Waals surface area contributed by atoms with E-state index in [1.54, 1.807) is 56.9 Å². The fourth-order valence-electron chi connectivity index (χ4n) is 4.29. The van der Waals surface area contributed by atoms with Gasteiger partial charge in [0.1, 0.15) is 48.8 Å². The monoisotopic (exact) mass is 454 g/mol. The van der Waals surface area contributed by atoms with Crippen LogP contribution in [0, 0.1) is 0 Å². The molecule has 0 N–H and O–H groups in total. The number of hydrogen-bond donors (Lipinski definition) is 0. The van der Waals surface area contributed by atoms with E-state index in [2.05, 4.69) is 0 Å². The number of methoxy groups -OCH3 is 8. The molecule has 0 unspecified atom stereocenters. The van der Waals surface area contributed by atoms with Crippen LogP contribution in [0.15, 0.2) is 0 Å². The molecule has 0 aliphatic carbocycles. The van der Waals surface area contributed by atoms with Gasteiger partial charge in [0.05, 0.1) is 13.2 Å². The highest BCUT2D eigenvalue weighted by Gasteiger charge is 2.53. The van der Waals surface area contributed by atoms with Crippen LogP contribution in [0.2, 0.25) is 0 Å². The van der Waals surface area contributed by atoms with Gasteiger partial charge in [-0.3, -0.25) is 0 Å². The Labute approximate surface area is 184 Å². The van der Waals surface area contributed by atoms with Crippen LogP contribution in [0.4, 0.5) is 0 Å². The number of rotatable bonds is 12. The Morgan fingerprint density at radius 3 is 1.32 bits per heavy atom. The maximum atomic E-state index is 6.43. The molecule has 184 valence electrons. The summed E-state index contributed by atoms with van der Waals surface area (Å²) in [5.74, 6) is 0.